The van der Waals surface area contributed by atoms with Gasteiger partial charge in [0.15, 0.2) is 5.78 Å². The molecule has 0 amide bonds. The molecule has 2 aromatic rings. The van der Waals surface area contributed by atoms with E-state index in [2.05, 4.69) is 6.07 Å². The van der Waals surface area contributed by atoms with Gasteiger partial charge in [-0.05, 0) is 47.4 Å². The number of carbonyl (C=O) groups is 1. The van der Waals surface area contributed by atoms with Crippen molar-refractivity contribution in [3.05, 3.63) is 74.9 Å². The van der Waals surface area contributed by atoms with Crippen molar-refractivity contribution in [3.8, 4) is 6.07 Å². The van der Waals surface area contributed by atoms with Gasteiger partial charge in [0, 0.05) is 17.7 Å². The number of nitrogens with two attached hydrogens (primary N) is 1. The summed E-state index contributed by atoms with van der Waals surface area (Å²) in [6.45, 7) is 0. The molecular weight excluding hydrogens is 399 g/mol. The molecule has 1 aromatic heterocycles. The Balaban J connectivity index is 2.01. The van der Waals surface area contributed by atoms with E-state index in [-0.39, 0.29) is 22.9 Å². The van der Waals surface area contributed by atoms with Crippen molar-refractivity contribution in [2.75, 3.05) is 4.90 Å². The summed E-state index contributed by atoms with van der Waals surface area (Å²) in [5.74, 6) is -0.866. The summed E-state index contributed by atoms with van der Waals surface area (Å²) in [7, 11) is 0. The molecule has 0 fully saturated rings. The summed E-state index contributed by atoms with van der Waals surface area (Å²) < 4.78 is 41.0. The average Bonchev–Trinajstić information content (AvgIpc) is 3.21. The van der Waals surface area contributed by atoms with Crippen molar-refractivity contribution in [1.29, 1.82) is 5.26 Å². The molecule has 1 aromatic carbocycles. The number of anilines is 1. The van der Waals surface area contributed by atoms with Gasteiger partial charge in [-0.2, -0.15) is 29.8 Å². The second kappa shape index (κ2) is 7.08. The Morgan fingerprint density at radius 3 is 2.62 bits per heavy atom. The molecule has 0 saturated heterocycles. The molecule has 8 heteroatoms. The maximum Gasteiger partial charge on any atom is 0.418 e. The van der Waals surface area contributed by atoms with Gasteiger partial charge in [0.2, 0.25) is 0 Å². The fraction of sp³-hybridized carbons (Fsp3) is 0.238. The fourth-order valence-electron chi connectivity index (χ4n) is 4.04. The first-order valence-electron chi connectivity index (χ1n) is 8.99. The van der Waals surface area contributed by atoms with Gasteiger partial charge in [0.1, 0.15) is 5.82 Å². The summed E-state index contributed by atoms with van der Waals surface area (Å²) in [5, 5.41) is 13.5. The highest BCUT2D eigenvalue weighted by molar-refractivity contribution is 7.08. The molecule has 0 spiro atoms. The average molecular weight is 415 g/mol. The van der Waals surface area contributed by atoms with E-state index in [1.807, 2.05) is 16.8 Å². The van der Waals surface area contributed by atoms with Gasteiger partial charge in [-0.25, -0.2) is 0 Å². The Labute approximate surface area is 169 Å². The van der Waals surface area contributed by atoms with Crippen LogP contribution in [0.5, 0.6) is 0 Å². The normalized spacial score (nSPS) is 20.0. The lowest BCUT2D eigenvalue weighted by Crippen LogP contribution is -2.39. The molecule has 2 heterocycles. The number of thiophene rings is 1. The number of nitrogens with zero attached hydrogens (tertiary/aromatic N) is 2. The lowest BCUT2D eigenvalue weighted by Gasteiger charge is -2.40. The molecule has 0 saturated carbocycles. The Hall–Kier alpha value is -3.05. The Bertz CT molecular complexity index is 1080. The van der Waals surface area contributed by atoms with E-state index in [1.165, 1.54) is 34.4 Å². The number of ketones is 1. The third-order valence-electron chi connectivity index (χ3n) is 5.24. The molecule has 148 valence electrons. The lowest BCUT2D eigenvalue weighted by molar-refractivity contribution is -0.137. The minimum atomic E-state index is -4.60. The van der Waals surface area contributed by atoms with Crippen molar-refractivity contribution >= 4 is 22.8 Å². The van der Waals surface area contributed by atoms with E-state index >= 15 is 0 Å². The number of Topliss-reactive ketones (excluding diaryl/α,β-unsaturated/α-hetero) is 1. The van der Waals surface area contributed by atoms with Crippen LogP contribution in [0.1, 0.15) is 36.3 Å². The van der Waals surface area contributed by atoms with Gasteiger partial charge in [-0.15, -0.1) is 0 Å². The molecule has 0 bridgehead atoms. The van der Waals surface area contributed by atoms with Crippen LogP contribution < -0.4 is 10.6 Å². The van der Waals surface area contributed by atoms with Gasteiger partial charge in [0.25, 0.3) is 0 Å². The number of carbonyl (C=O) groups excluding carboxylic acids is 1. The molecule has 29 heavy (non-hydrogen) atoms. The van der Waals surface area contributed by atoms with Crippen LogP contribution in [-0.2, 0) is 11.0 Å². The molecule has 1 atom stereocenters. The first-order chi connectivity index (χ1) is 13.8. The monoisotopic (exact) mass is 415 g/mol. The summed E-state index contributed by atoms with van der Waals surface area (Å²) in [6.07, 6.45) is -3.37. The molecular formula is C21H16F3N3OS. The van der Waals surface area contributed by atoms with Crippen molar-refractivity contribution in [1.82, 2.24) is 0 Å². The van der Waals surface area contributed by atoms with Crippen LogP contribution in [0, 0.1) is 11.3 Å². The Kier molecular flexibility index (Phi) is 4.71. The van der Waals surface area contributed by atoms with Crippen LogP contribution in [-0.4, -0.2) is 5.78 Å². The first-order valence-corrected chi connectivity index (χ1v) is 9.93. The second-order valence-corrected chi connectivity index (χ2v) is 7.67. The van der Waals surface area contributed by atoms with Gasteiger partial charge in [0.05, 0.1) is 28.8 Å². The maximum atomic E-state index is 13.7. The van der Waals surface area contributed by atoms with E-state index in [0.29, 0.717) is 30.5 Å². The fourth-order valence-corrected chi connectivity index (χ4v) is 4.73. The van der Waals surface area contributed by atoms with E-state index in [0.717, 1.165) is 11.6 Å². The van der Waals surface area contributed by atoms with Gasteiger partial charge in [-0.1, -0.05) is 12.1 Å². The highest BCUT2D eigenvalue weighted by Crippen LogP contribution is 2.48. The number of rotatable bonds is 2. The van der Waals surface area contributed by atoms with Crippen LogP contribution in [0.4, 0.5) is 18.9 Å². The zero-order valence-corrected chi connectivity index (χ0v) is 16.0. The van der Waals surface area contributed by atoms with Crippen LogP contribution in [0.15, 0.2) is 63.8 Å². The van der Waals surface area contributed by atoms with Gasteiger partial charge >= 0.3 is 6.18 Å². The van der Waals surface area contributed by atoms with Crippen molar-refractivity contribution in [2.24, 2.45) is 5.73 Å². The predicted octanol–water partition coefficient (Wildman–Crippen LogP) is 5.07. The number of nitriles is 1. The molecule has 4 rings (SSSR count). The third-order valence-corrected chi connectivity index (χ3v) is 5.94. The molecule has 0 unspecified atom stereocenters. The molecule has 4 nitrogen and oxygen atoms in total. The number of halogens is 3. The van der Waals surface area contributed by atoms with E-state index < -0.39 is 17.7 Å². The molecule has 1 aliphatic carbocycles. The summed E-state index contributed by atoms with van der Waals surface area (Å²) in [4.78, 5) is 14.1. The highest BCUT2D eigenvalue weighted by atomic mass is 32.1. The zero-order valence-electron chi connectivity index (χ0n) is 15.2. The van der Waals surface area contributed by atoms with E-state index in [9.17, 15) is 23.2 Å². The van der Waals surface area contributed by atoms with Crippen LogP contribution in [0.25, 0.3) is 0 Å². The first kappa shape index (κ1) is 19.3. The van der Waals surface area contributed by atoms with Crippen molar-refractivity contribution in [3.63, 3.8) is 0 Å². The van der Waals surface area contributed by atoms with E-state index in [4.69, 9.17) is 5.73 Å². The largest absolute Gasteiger partial charge is 0.418 e. The minimum absolute atomic E-state index is 0.0613. The number of benzene rings is 1. The summed E-state index contributed by atoms with van der Waals surface area (Å²) in [5.41, 5.74) is 6.93. The Morgan fingerprint density at radius 1 is 1.21 bits per heavy atom. The quantitative estimate of drug-likeness (QED) is 0.743. The lowest BCUT2D eigenvalue weighted by atomic mass is 9.76. The van der Waals surface area contributed by atoms with Crippen LogP contribution in [0.3, 0.4) is 0 Å². The van der Waals surface area contributed by atoms with Crippen LogP contribution >= 0.6 is 11.3 Å². The van der Waals surface area contributed by atoms with Crippen molar-refractivity contribution in [2.45, 2.75) is 31.4 Å². The minimum Gasteiger partial charge on any atom is -0.384 e. The number of para-hydroxylation sites is 1. The zero-order chi connectivity index (χ0) is 20.8. The highest BCUT2D eigenvalue weighted by Gasteiger charge is 2.43. The molecule has 2 N–H and O–H groups in total. The smallest absolute Gasteiger partial charge is 0.384 e. The Morgan fingerprint density at radius 2 is 1.97 bits per heavy atom. The second-order valence-electron chi connectivity index (χ2n) is 6.89. The van der Waals surface area contributed by atoms with Gasteiger partial charge < -0.3 is 5.73 Å². The maximum absolute atomic E-state index is 13.7. The van der Waals surface area contributed by atoms with Gasteiger partial charge in [-0.3, -0.25) is 9.69 Å². The summed E-state index contributed by atoms with van der Waals surface area (Å²) in [6, 6.07) is 8.95. The number of allylic oxidation sites excluding steroid dienone is 3. The number of alkyl halides is 3. The van der Waals surface area contributed by atoms with Crippen molar-refractivity contribution < 1.29 is 18.0 Å². The molecule has 2 aliphatic rings. The van der Waals surface area contributed by atoms with Crippen LogP contribution in [0.2, 0.25) is 0 Å². The predicted molar refractivity (Wildman–Crippen MR) is 104 cm³/mol. The SMILES string of the molecule is N#CC1=C(N)N(c2ccccc2C(F)(F)F)C2=C(C(=O)CCC2)[C@@H]1c1ccsc1. The standard InChI is InChI=1S/C21H16F3N3OS/c22-21(23,24)14-4-1-2-5-15(14)27-16-6-3-7-17(28)19(16)18(12-8-9-29-11-12)13(10-25)20(27)26/h1-2,4-5,8-9,11,18H,3,6-7,26H2/t18-/m1/s1. The van der Waals surface area contributed by atoms with E-state index in [1.54, 1.807) is 0 Å². The molecule has 0 radical (unpaired) electrons. The number of hydrogen-bond donors (Lipinski definition) is 1. The third kappa shape index (κ3) is 3.12. The molecule has 1 aliphatic heterocycles. The topological polar surface area (TPSA) is 70.1 Å². The summed E-state index contributed by atoms with van der Waals surface area (Å²) >= 11 is 1.42. The number of hydrogen-bond acceptors (Lipinski definition) is 5.